The van der Waals surface area contributed by atoms with E-state index in [2.05, 4.69) is 94.1 Å². The van der Waals surface area contributed by atoms with Crippen LogP contribution in [0.25, 0.3) is 0 Å². The Kier molecular flexibility index (Phi) is 7.17. The number of fused-ring (bicyclic) bond motifs is 2. The molecule has 3 nitrogen and oxygen atoms in total. The van der Waals surface area contributed by atoms with Crippen LogP contribution in [0.1, 0.15) is 69.4 Å². The number of hydroxylamine groups is 2. The average molecular weight is 432 g/mol. The van der Waals surface area contributed by atoms with Gasteiger partial charge in [0.25, 0.3) is 0 Å². The molecule has 1 fully saturated rings. The maximum absolute atomic E-state index is 6.49. The van der Waals surface area contributed by atoms with Crippen molar-refractivity contribution in [3.63, 3.8) is 0 Å². The monoisotopic (exact) mass is 431 g/mol. The van der Waals surface area contributed by atoms with Crippen molar-refractivity contribution in [2.24, 2.45) is 17.8 Å². The molecule has 2 aromatic carbocycles. The number of nitrogens with zero attached hydrogens (tertiary/aromatic N) is 1. The maximum atomic E-state index is 6.49. The number of benzene rings is 2. The second-order valence-electron chi connectivity index (χ2n) is 9.78. The molecule has 2 aromatic rings. The molecule has 170 valence electrons. The van der Waals surface area contributed by atoms with E-state index in [1.165, 1.54) is 24.0 Å². The smallest absolute Gasteiger partial charge is 0.108 e. The van der Waals surface area contributed by atoms with E-state index < -0.39 is 0 Å². The third kappa shape index (κ3) is 5.16. The summed E-state index contributed by atoms with van der Waals surface area (Å²) in [7, 11) is 0. The van der Waals surface area contributed by atoms with Crippen LogP contribution in [0.5, 0.6) is 0 Å². The van der Waals surface area contributed by atoms with Crippen LogP contribution in [-0.4, -0.2) is 11.2 Å². The molecule has 1 saturated carbocycles. The Bertz CT molecular complexity index is 918. The molecule has 2 aliphatic carbocycles. The van der Waals surface area contributed by atoms with E-state index in [0.29, 0.717) is 24.5 Å². The van der Waals surface area contributed by atoms with Crippen molar-refractivity contribution in [1.82, 2.24) is 5.06 Å². The van der Waals surface area contributed by atoms with E-state index in [-0.39, 0.29) is 12.1 Å². The number of rotatable bonds is 10. The normalized spacial score (nSPS) is 23.5. The average Bonchev–Trinajstić information content (AvgIpc) is 3.41. The summed E-state index contributed by atoms with van der Waals surface area (Å²) in [5.41, 5.74) is 4.51. The minimum atomic E-state index is -0.0812. The van der Waals surface area contributed by atoms with Gasteiger partial charge in [-0.1, -0.05) is 87.2 Å². The van der Waals surface area contributed by atoms with Gasteiger partial charge >= 0.3 is 0 Å². The molecule has 3 heteroatoms. The van der Waals surface area contributed by atoms with Crippen LogP contribution in [-0.2, 0) is 16.2 Å². The first-order valence-corrected chi connectivity index (χ1v) is 12.0. The second kappa shape index (κ2) is 10.1. The van der Waals surface area contributed by atoms with Gasteiger partial charge in [-0.25, -0.2) is 0 Å². The molecule has 5 atom stereocenters. The molecule has 0 aliphatic heterocycles. The highest BCUT2D eigenvalue weighted by atomic mass is 16.7. The Balaban J connectivity index is 1.39. The van der Waals surface area contributed by atoms with Crippen molar-refractivity contribution in [1.29, 1.82) is 0 Å². The molecule has 0 N–H and O–H groups in total. The van der Waals surface area contributed by atoms with Gasteiger partial charge in [0.05, 0.1) is 18.8 Å². The Morgan fingerprint density at radius 2 is 1.69 bits per heavy atom. The first-order valence-electron chi connectivity index (χ1n) is 12.0. The van der Waals surface area contributed by atoms with Crippen molar-refractivity contribution in [3.8, 4) is 0 Å². The van der Waals surface area contributed by atoms with Gasteiger partial charge in [-0.3, -0.25) is 9.90 Å². The lowest BCUT2D eigenvalue weighted by Gasteiger charge is -2.37. The molecule has 0 heterocycles. The highest BCUT2D eigenvalue weighted by molar-refractivity contribution is 5.24. The SMILES string of the molecule is C=C(C)N(OC(C)c1ccc(COC2CC3C=CC2C3)cc1)C(c1ccccc1)C(C)C. The molecule has 4 rings (SSSR count). The Labute approximate surface area is 193 Å². The summed E-state index contributed by atoms with van der Waals surface area (Å²) in [6.07, 6.45) is 7.46. The van der Waals surface area contributed by atoms with Crippen LogP contribution in [0.2, 0.25) is 0 Å². The summed E-state index contributed by atoms with van der Waals surface area (Å²) >= 11 is 0. The highest BCUT2D eigenvalue weighted by Crippen LogP contribution is 2.41. The van der Waals surface area contributed by atoms with Crippen molar-refractivity contribution in [3.05, 3.63) is 95.7 Å². The zero-order chi connectivity index (χ0) is 22.7. The lowest BCUT2D eigenvalue weighted by molar-refractivity contribution is -0.204. The Hall–Kier alpha value is -2.36. The fourth-order valence-corrected chi connectivity index (χ4v) is 5.08. The predicted molar refractivity (Wildman–Crippen MR) is 131 cm³/mol. The highest BCUT2D eigenvalue weighted by Gasteiger charge is 2.36. The molecule has 2 bridgehead atoms. The summed E-state index contributed by atoms with van der Waals surface area (Å²) in [5, 5.41) is 1.99. The minimum Gasteiger partial charge on any atom is -0.373 e. The first kappa shape index (κ1) is 22.8. The van der Waals surface area contributed by atoms with Crippen molar-refractivity contribution in [2.45, 2.75) is 65.4 Å². The van der Waals surface area contributed by atoms with Crippen LogP contribution in [0.3, 0.4) is 0 Å². The number of ether oxygens (including phenoxy) is 1. The van der Waals surface area contributed by atoms with E-state index in [9.17, 15) is 0 Å². The van der Waals surface area contributed by atoms with Crippen LogP contribution >= 0.6 is 0 Å². The van der Waals surface area contributed by atoms with Crippen molar-refractivity contribution < 1.29 is 9.57 Å². The van der Waals surface area contributed by atoms with E-state index in [4.69, 9.17) is 9.57 Å². The van der Waals surface area contributed by atoms with Crippen molar-refractivity contribution >= 4 is 0 Å². The maximum Gasteiger partial charge on any atom is 0.108 e. The lowest BCUT2D eigenvalue weighted by atomic mass is 9.95. The van der Waals surface area contributed by atoms with Crippen LogP contribution in [0, 0.1) is 17.8 Å². The number of allylic oxidation sites excluding steroid dienone is 2. The minimum absolute atomic E-state index is 0.0812. The molecule has 0 spiro atoms. The summed E-state index contributed by atoms with van der Waals surface area (Å²) < 4.78 is 6.22. The van der Waals surface area contributed by atoms with Gasteiger partial charge in [0, 0.05) is 11.6 Å². The standard InChI is InChI=1S/C29H37NO2/c1-20(2)29(26-9-7-6-8-10-26)30(21(3)4)32-22(5)25-14-11-23(12-15-25)19-31-28-18-24-13-16-27(28)17-24/h6-16,20,22,24,27-29H,3,17-19H2,1-2,4-5H3. The summed E-state index contributed by atoms with van der Waals surface area (Å²) in [4.78, 5) is 6.49. The Morgan fingerprint density at radius 3 is 2.25 bits per heavy atom. The van der Waals surface area contributed by atoms with Gasteiger partial charge in [-0.15, -0.1) is 0 Å². The number of hydrogen-bond acceptors (Lipinski definition) is 3. The quantitative estimate of drug-likeness (QED) is 0.289. The summed E-state index contributed by atoms with van der Waals surface area (Å²) in [6.45, 7) is 13.4. The van der Waals surface area contributed by atoms with Gasteiger partial charge in [-0.05, 0) is 55.2 Å². The van der Waals surface area contributed by atoms with E-state index in [1.807, 2.05) is 12.0 Å². The first-order chi connectivity index (χ1) is 15.4. The lowest BCUT2D eigenvalue weighted by Crippen LogP contribution is -2.31. The van der Waals surface area contributed by atoms with E-state index >= 15 is 0 Å². The van der Waals surface area contributed by atoms with E-state index in [0.717, 1.165) is 17.2 Å². The van der Waals surface area contributed by atoms with Gasteiger partial charge in [-0.2, -0.15) is 0 Å². The van der Waals surface area contributed by atoms with Crippen LogP contribution in [0.15, 0.2) is 79.0 Å². The molecule has 32 heavy (non-hydrogen) atoms. The molecule has 2 aliphatic rings. The summed E-state index contributed by atoms with van der Waals surface area (Å²) in [5.74, 6) is 1.74. The molecule has 0 saturated heterocycles. The second-order valence-corrected chi connectivity index (χ2v) is 9.78. The molecule has 5 unspecified atom stereocenters. The van der Waals surface area contributed by atoms with Gasteiger partial charge < -0.3 is 4.74 Å². The molecule has 0 amide bonds. The van der Waals surface area contributed by atoms with Crippen molar-refractivity contribution in [2.75, 3.05) is 0 Å². The van der Waals surface area contributed by atoms with Gasteiger partial charge in [0.2, 0.25) is 0 Å². The topological polar surface area (TPSA) is 21.7 Å². The van der Waals surface area contributed by atoms with Crippen LogP contribution < -0.4 is 0 Å². The fraction of sp³-hybridized carbons (Fsp3) is 0.448. The molecule has 0 radical (unpaired) electrons. The third-order valence-electron chi connectivity index (χ3n) is 6.80. The third-order valence-corrected chi connectivity index (χ3v) is 6.80. The molecular formula is C29H37NO2. The molecular weight excluding hydrogens is 394 g/mol. The van der Waals surface area contributed by atoms with E-state index in [1.54, 1.807) is 0 Å². The largest absolute Gasteiger partial charge is 0.373 e. The fourth-order valence-electron chi connectivity index (χ4n) is 5.08. The predicted octanol–water partition coefficient (Wildman–Crippen LogP) is 7.39. The zero-order valence-electron chi connectivity index (χ0n) is 19.9. The van der Waals surface area contributed by atoms with Crippen LogP contribution in [0.4, 0.5) is 0 Å². The zero-order valence-corrected chi connectivity index (χ0v) is 19.9. The van der Waals surface area contributed by atoms with Gasteiger partial charge in [0.1, 0.15) is 6.10 Å². The number of hydrogen-bond donors (Lipinski definition) is 0. The Morgan fingerprint density at radius 1 is 0.969 bits per heavy atom. The summed E-state index contributed by atoms with van der Waals surface area (Å²) in [6, 6.07) is 19.3. The molecule has 0 aromatic heterocycles. The van der Waals surface area contributed by atoms with Gasteiger partial charge in [0.15, 0.2) is 0 Å².